The van der Waals surface area contributed by atoms with E-state index in [4.69, 9.17) is 5.73 Å². The third-order valence-electron chi connectivity index (χ3n) is 2.03. The Morgan fingerprint density at radius 3 is 2.81 bits per heavy atom. The molecule has 0 atom stereocenters. The third-order valence-corrected chi connectivity index (χ3v) is 3.53. The van der Waals surface area contributed by atoms with Gasteiger partial charge in [0.05, 0.1) is 5.69 Å². The minimum Gasteiger partial charge on any atom is -0.399 e. The van der Waals surface area contributed by atoms with Gasteiger partial charge in [-0.15, -0.1) is 11.8 Å². The van der Waals surface area contributed by atoms with E-state index < -0.39 is 0 Å². The van der Waals surface area contributed by atoms with Crippen LogP contribution in [-0.4, -0.2) is 4.98 Å². The molecular weight excluding hydrogens is 284 g/mol. The van der Waals surface area contributed by atoms with Crippen molar-refractivity contribution in [2.45, 2.75) is 10.6 Å². The molecule has 0 saturated carbocycles. The summed E-state index contributed by atoms with van der Waals surface area (Å²) in [6.07, 6.45) is 1.81. The lowest BCUT2D eigenvalue weighted by atomic mass is 10.3. The van der Waals surface area contributed by atoms with Crippen molar-refractivity contribution >= 4 is 33.4 Å². The fraction of sp³-hybridized carbons (Fsp3) is 0.0833. The summed E-state index contributed by atoms with van der Waals surface area (Å²) >= 11 is 5.10. The van der Waals surface area contributed by atoms with Gasteiger partial charge in [-0.25, -0.2) is 0 Å². The summed E-state index contributed by atoms with van der Waals surface area (Å²) in [5, 5.41) is 0. The number of nitrogen functional groups attached to an aromatic ring is 1. The third kappa shape index (κ3) is 3.25. The number of thioether (sulfide) groups is 1. The van der Waals surface area contributed by atoms with Gasteiger partial charge in [-0.1, -0.05) is 6.07 Å². The molecule has 2 nitrogen and oxygen atoms in total. The molecule has 4 heteroatoms. The van der Waals surface area contributed by atoms with Gasteiger partial charge in [0.25, 0.3) is 0 Å². The Morgan fingerprint density at radius 1 is 1.25 bits per heavy atom. The van der Waals surface area contributed by atoms with E-state index >= 15 is 0 Å². The Balaban J connectivity index is 1.99. The van der Waals surface area contributed by atoms with Crippen LogP contribution in [0.15, 0.2) is 52.0 Å². The number of nitrogens with two attached hydrogens (primary N) is 1. The standard InChI is InChI=1S/C12H11BrN2S/c13-9-4-5-11(15-7-9)8-16-12-3-1-2-10(14)6-12/h1-7H,8,14H2. The van der Waals surface area contributed by atoms with Crippen molar-refractivity contribution in [2.75, 3.05) is 5.73 Å². The minimum absolute atomic E-state index is 0.800. The summed E-state index contributed by atoms with van der Waals surface area (Å²) in [7, 11) is 0. The predicted octanol–water partition coefficient (Wildman–Crippen LogP) is 3.72. The van der Waals surface area contributed by atoms with Crippen LogP contribution in [0.3, 0.4) is 0 Å². The molecule has 0 unspecified atom stereocenters. The Morgan fingerprint density at radius 2 is 2.12 bits per heavy atom. The molecule has 0 aliphatic heterocycles. The SMILES string of the molecule is Nc1cccc(SCc2ccc(Br)cn2)c1. The van der Waals surface area contributed by atoms with Gasteiger partial charge in [-0.3, -0.25) is 4.98 Å². The number of halogens is 1. The van der Waals surface area contributed by atoms with Crippen molar-refractivity contribution in [3.05, 3.63) is 52.8 Å². The number of hydrogen-bond acceptors (Lipinski definition) is 3. The number of benzene rings is 1. The Bertz CT molecular complexity index is 471. The smallest absolute Gasteiger partial charge is 0.0507 e. The first kappa shape index (κ1) is 11.5. The lowest BCUT2D eigenvalue weighted by Gasteiger charge is -2.02. The molecule has 0 aliphatic rings. The molecule has 2 rings (SSSR count). The second-order valence-corrected chi connectivity index (χ2v) is 5.29. The first-order valence-corrected chi connectivity index (χ1v) is 6.61. The summed E-state index contributed by atoms with van der Waals surface area (Å²) < 4.78 is 1.00. The van der Waals surface area contributed by atoms with E-state index in [-0.39, 0.29) is 0 Å². The molecule has 82 valence electrons. The second kappa shape index (κ2) is 5.37. The fourth-order valence-electron chi connectivity index (χ4n) is 1.25. The molecule has 0 radical (unpaired) electrons. The molecular formula is C12H11BrN2S. The zero-order chi connectivity index (χ0) is 11.4. The average Bonchev–Trinajstić information content (AvgIpc) is 2.28. The van der Waals surface area contributed by atoms with Crippen molar-refractivity contribution in [2.24, 2.45) is 0 Å². The molecule has 1 aromatic heterocycles. The molecule has 2 N–H and O–H groups in total. The van der Waals surface area contributed by atoms with Crippen LogP contribution in [0.5, 0.6) is 0 Å². The van der Waals surface area contributed by atoms with Gasteiger partial charge in [0.1, 0.15) is 0 Å². The van der Waals surface area contributed by atoms with E-state index in [1.165, 1.54) is 4.90 Å². The van der Waals surface area contributed by atoms with Crippen LogP contribution in [0.25, 0.3) is 0 Å². The van der Waals surface area contributed by atoms with Crippen molar-refractivity contribution in [1.29, 1.82) is 0 Å². The monoisotopic (exact) mass is 294 g/mol. The highest BCUT2D eigenvalue weighted by atomic mass is 79.9. The molecule has 0 bridgehead atoms. The van der Waals surface area contributed by atoms with Crippen LogP contribution in [-0.2, 0) is 5.75 Å². The molecule has 16 heavy (non-hydrogen) atoms. The minimum atomic E-state index is 0.800. The Kier molecular flexibility index (Phi) is 3.85. The van der Waals surface area contributed by atoms with Crippen LogP contribution in [0.2, 0.25) is 0 Å². The Labute approximate surface area is 107 Å². The van der Waals surface area contributed by atoms with Crippen LogP contribution in [0.4, 0.5) is 5.69 Å². The first-order chi connectivity index (χ1) is 7.74. The van der Waals surface area contributed by atoms with E-state index in [1.54, 1.807) is 11.8 Å². The summed E-state index contributed by atoms with van der Waals surface area (Å²) in [6.45, 7) is 0. The fourth-order valence-corrected chi connectivity index (χ4v) is 2.37. The molecule has 0 fully saturated rings. The topological polar surface area (TPSA) is 38.9 Å². The van der Waals surface area contributed by atoms with Gasteiger partial charge < -0.3 is 5.73 Å². The summed E-state index contributed by atoms with van der Waals surface area (Å²) in [5.74, 6) is 0.858. The summed E-state index contributed by atoms with van der Waals surface area (Å²) in [4.78, 5) is 5.49. The first-order valence-electron chi connectivity index (χ1n) is 4.83. The zero-order valence-corrected chi connectivity index (χ0v) is 11.0. The Hall–Kier alpha value is -1.00. The number of aromatic nitrogens is 1. The maximum absolute atomic E-state index is 5.71. The normalized spacial score (nSPS) is 10.3. The van der Waals surface area contributed by atoms with Crippen LogP contribution in [0.1, 0.15) is 5.69 Å². The number of rotatable bonds is 3. The molecule has 2 aromatic rings. The van der Waals surface area contributed by atoms with Crippen molar-refractivity contribution < 1.29 is 0 Å². The van der Waals surface area contributed by atoms with Gasteiger partial charge in [-0.05, 0) is 46.3 Å². The van der Waals surface area contributed by atoms with Crippen LogP contribution in [0, 0.1) is 0 Å². The molecule has 0 aliphatic carbocycles. The van der Waals surface area contributed by atoms with Crippen molar-refractivity contribution in [3.63, 3.8) is 0 Å². The number of anilines is 1. The van der Waals surface area contributed by atoms with E-state index in [9.17, 15) is 0 Å². The molecule has 0 saturated heterocycles. The lowest BCUT2D eigenvalue weighted by Crippen LogP contribution is -1.87. The number of nitrogens with zero attached hydrogens (tertiary/aromatic N) is 1. The molecule has 0 amide bonds. The quantitative estimate of drug-likeness (QED) is 0.693. The van der Waals surface area contributed by atoms with E-state index in [0.717, 1.165) is 21.6 Å². The maximum Gasteiger partial charge on any atom is 0.0507 e. The number of hydrogen-bond donors (Lipinski definition) is 1. The van der Waals surface area contributed by atoms with E-state index in [2.05, 4.69) is 27.0 Å². The van der Waals surface area contributed by atoms with Gasteiger partial charge >= 0.3 is 0 Å². The van der Waals surface area contributed by atoms with Gasteiger partial charge in [0.15, 0.2) is 0 Å². The zero-order valence-electron chi connectivity index (χ0n) is 8.56. The van der Waals surface area contributed by atoms with Crippen molar-refractivity contribution in [3.8, 4) is 0 Å². The van der Waals surface area contributed by atoms with Crippen LogP contribution < -0.4 is 5.73 Å². The second-order valence-electron chi connectivity index (χ2n) is 3.33. The maximum atomic E-state index is 5.71. The highest BCUT2D eigenvalue weighted by Gasteiger charge is 1.98. The van der Waals surface area contributed by atoms with Gasteiger partial charge in [-0.2, -0.15) is 0 Å². The molecule has 1 heterocycles. The summed E-state index contributed by atoms with van der Waals surface area (Å²) in [5.41, 5.74) is 7.58. The van der Waals surface area contributed by atoms with Crippen molar-refractivity contribution in [1.82, 2.24) is 4.98 Å². The largest absolute Gasteiger partial charge is 0.399 e. The highest BCUT2D eigenvalue weighted by Crippen LogP contribution is 2.23. The van der Waals surface area contributed by atoms with E-state index in [1.807, 2.05) is 36.5 Å². The van der Waals surface area contributed by atoms with E-state index in [0.29, 0.717) is 0 Å². The highest BCUT2D eigenvalue weighted by molar-refractivity contribution is 9.10. The van der Waals surface area contributed by atoms with Gasteiger partial charge in [0.2, 0.25) is 0 Å². The molecule has 1 aromatic carbocycles. The molecule has 0 spiro atoms. The average molecular weight is 295 g/mol. The summed E-state index contributed by atoms with van der Waals surface area (Å²) in [6, 6.07) is 11.9. The number of pyridine rings is 1. The predicted molar refractivity (Wildman–Crippen MR) is 72.4 cm³/mol. The van der Waals surface area contributed by atoms with Crippen LogP contribution >= 0.6 is 27.7 Å². The van der Waals surface area contributed by atoms with Gasteiger partial charge in [0, 0.05) is 27.0 Å². The lowest BCUT2D eigenvalue weighted by molar-refractivity contribution is 1.16.